The number of nitrogens with one attached hydrogen (secondary N) is 1. The van der Waals surface area contributed by atoms with Crippen molar-refractivity contribution in [3.8, 4) is 0 Å². The molecule has 1 atom stereocenters. The summed E-state index contributed by atoms with van der Waals surface area (Å²) in [6.45, 7) is 3.02. The first-order valence-corrected chi connectivity index (χ1v) is 9.28. The molecule has 1 N–H and O–H groups in total. The molecule has 1 aliphatic rings. The summed E-state index contributed by atoms with van der Waals surface area (Å²) >= 11 is 0. The smallest absolute Gasteiger partial charge is 0.128 e. The zero-order chi connectivity index (χ0) is 17.6. The molecular weight excluding hydrogens is 320 g/mol. The van der Waals surface area contributed by atoms with E-state index in [1.165, 1.54) is 29.5 Å². The molecule has 0 aliphatic carbocycles. The first-order chi connectivity index (χ1) is 12.9. The third-order valence-corrected chi connectivity index (χ3v) is 4.90. The van der Waals surface area contributed by atoms with E-state index >= 15 is 0 Å². The lowest BCUT2D eigenvalue weighted by Crippen LogP contribution is -2.22. The van der Waals surface area contributed by atoms with Gasteiger partial charge in [0.25, 0.3) is 0 Å². The second kappa shape index (κ2) is 8.11. The van der Waals surface area contributed by atoms with E-state index in [4.69, 9.17) is 0 Å². The largest absolute Gasteiger partial charge is 0.357 e. The normalized spacial score (nSPS) is 15.2. The van der Waals surface area contributed by atoms with E-state index in [9.17, 15) is 0 Å². The highest BCUT2D eigenvalue weighted by molar-refractivity contribution is 5.40. The first kappa shape index (κ1) is 16.7. The van der Waals surface area contributed by atoms with E-state index in [-0.39, 0.29) is 6.04 Å². The van der Waals surface area contributed by atoms with Gasteiger partial charge in [-0.05, 0) is 41.7 Å². The maximum absolute atomic E-state index is 4.66. The molecule has 0 radical (unpaired) electrons. The number of rotatable bonds is 6. The van der Waals surface area contributed by atoms with Gasteiger partial charge in [0.15, 0.2) is 0 Å². The van der Waals surface area contributed by atoms with Gasteiger partial charge in [-0.3, -0.25) is 4.98 Å². The average Bonchev–Trinajstić information content (AvgIpc) is 3.25. The van der Waals surface area contributed by atoms with Crippen molar-refractivity contribution in [2.24, 2.45) is 0 Å². The van der Waals surface area contributed by atoms with Crippen molar-refractivity contribution < 1.29 is 0 Å². The summed E-state index contributed by atoms with van der Waals surface area (Å²) in [7, 11) is 0. The minimum atomic E-state index is 0.114. The Morgan fingerprint density at radius 2 is 1.69 bits per heavy atom. The van der Waals surface area contributed by atoms with Crippen LogP contribution in [-0.2, 0) is 6.54 Å². The van der Waals surface area contributed by atoms with Crippen molar-refractivity contribution in [1.82, 2.24) is 15.3 Å². The molecule has 1 fully saturated rings. The molecular formula is C22H24N4. The van der Waals surface area contributed by atoms with Crippen LogP contribution in [0.4, 0.5) is 5.82 Å². The fourth-order valence-corrected chi connectivity index (χ4v) is 3.49. The maximum atomic E-state index is 4.66. The monoisotopic (exact) mass is 344 g/mol. The Hall–Kier alpha value is -2.72. The minimum Gasteiger partial charge on any atom is -0.357 e. The van der Waals surface area contributed by atoms with Crippen LogP contribution in [0.2, 0.25) is 0 Å². The van der Waals surface area contributed by atoms with E-state index in [1.807, 2.05) is 30.7 Å². The van der Waals surface area contributed by atoms with Crippen molar-refractivity contribution in [3.63, 3.8) is 0 Å². The first-order valence-electron chi connectivity index (χ1n) is 9.28. The summed E-state index contributed by atoms with van der Waals surface area (Å²) in [5.41, 5.74) is 3.60. The van der Waals surface area contributed by atoms with Gasteiger partial charge in [0.05, 0.1) is 6.04 Å². The lowest BCUT2D eigenvalue weighted by molar-refractivity contribution is 0.602. The van der Waals surface area contributed by atoms with Crippen LogP contribution in [0.15, 0.2) is 73.2 Å². The number of hydrogen-bond acceptors (Lipinski definition) is 4. The zero-order valence-corrected chi connectivity index (χ0v) is 14.9. The predicted octanol–water partition coefficient (Wildman–Crippen LogP) is 3.96. The van der Waals surface area contributed by atoms with Gasteiger partial charge in [-0.25, -0.2) is 4.98 Å². The Bertz CT molecular complexity index is 757. The van der Waals surface area contributed by atoms with Crippen LogP contribution in [0, 0.1) is 0 Å². The van der Waals surface area contributed by atoms with Crippen molar-refractivity contribution >= 4 is 5.82 Å². The number of hydrogen-bond donors (Lipinski definition) is 1. The van der Waals surface area contributed by atoms with Gasteiger partial charge in [-0.15, -0.1) is 0 Å². The quantitative estimate of drug-likeness (QED) is 0.735. The van der Waals surface area contributed by atoms with Gasteiger partial charge in [0, 0.05) is 38.2 Å². The molecule has 1 unspecified atom stereocenters. The summed E-state index contributed by atoms with van der Waals surface area (Å²) in [5.74, 6) is 1.10. The summed E-state index contributed by atoms with van der Waals surface area (Å²) < 4.78 is 0. The van der Waals surface area contributed by atoms with Crippen molar-refractivity contribution in [2.45, 2.75) is 25.4 Å². The zero-order valence-electron chi connectivity index (χ0n) is 14.9. The molecule has 1 saturated heterocycles. The van der Waals surface area contributed by atoms with Gasteiger partial charge < -0.3 is 10.2 Å². The number of benzene rings is 1. The van der Waals surface area contributed by atoms with Crippen LogP contribution >= 0.6 is 0 Å². The molecule has 0 saturated carbocycles. The van der Waals surface area contributed by atoms with Crippen molar-refractivity contribution in [2.75, 3.05) is 18.0 Å². The third-order valence-electron chi connectivity index (χ3n) is 4.90. The van der Waals surface area contributed by atoms with E-state index in [0.29, 0.717) is 0 Å². The molecule has 1 aromatic carbocycles. The Balaban J connectivity index is 1.48. The minimum absolute atomic E-state index is 0.114. The lowest BCUT2D eigenvalue weighted by atomic mass is 10.00. The molecule has 2 aromatic heterocycles. The third kappa shape index (κ3) is 3.92. The van der Waals surface area contributed by atoms with Gasteiger partial charge >= 0.3 is 0 Å². The molecule has 4 nitrogen and oxygen atoms in total. The van der Waals surface area contributed by atoms with E-state index in [2.05, 4.69) is 62.6 Å². The van der Waals surface area contributed by atoms with Crippen LogP contribution in [0.1, 0.15) is 35.6 Å². The van der Waals surface area contributed by atoms with Crippen LogP contribution in [0.25, 0.3) is 0 Å². The van der Waals surface area contributed by atoms with E-state index in [0.717, 1.165) is 25.5 Å². The van der Waals surface area contributed by atoms with Crippen LogP contribution in [-0.4, -0.2) is 23.1 Å². The Kier molecular flexibility index (Phi) is 5.22. The Labute approximate surface area is 154 Å². The fraction of sp³-hybridized carbons (Fsp3) is 0.273. The summed E-state index contributed by atoms with van der Waals surface area (Å²) in [6, 6.07) is 19.0. The molecule has 3 heterocycles. The van der Waals surface area contributed by atoms with Crippen molar-refractivity contribution in [1.29, 1.82) is 0 Å². The van der Waals surface area contributed by atoms with E-state index < -0.39 is 0 Å². The second-order valence-corrected chi connectivity index (χ2v) is 6.73. The Morgan fingerprint density at radius 3 is 2.38 bits per heavy atom. The highest BCUT2D eigenvalue weighted by atomic mass is 15.2. The highest BCUT2D eigenvalue weighted by Crippen LogP contribution is 2.22. The molecule has 132 valence electrons. The number of pyridine rings is 2. The molecule has 0 bridgehead atoms. The molecule has 0 spiro atoms. The topological polar surface area (TPSA) is 41.0 Å². The summed E-state index contributed by atoms with van der Waals surface area (Å²) in [6.07, 6.45) is 8.28. The molecule has 1 aliphatic heterocycles. The van der Waals surface area contributed by atoms with Gasteiger partial charge in [0.2, 0.25) is 0 Å². The molecule has 26 heavy (non-hydrogen) atoms. The SMILES string of the molecule is c1ccc(C(NCc2ccc(N3CCCC3)nc2)c2cccnc2)cc1. The molecule has 0 amide bonds. The number of nitrogens with zero attached hydrogens (tertiary/aromatic N) is 3. The second-order valence-electron chi connectivity index (χ2n) is 6.73. The van der Waals surface area contributed by atoms with Gasteiger partial charge in [-0.2, -0.15) is 0 Å². The number of anilines is 1. The van der Waals surface area contributed by atoms with E-state index in [1.54, 1.807) is 0 Å². The summed E-state index contributed by atoms with van der Waals surface area (Å²) in [4.78, 5) is 11.3. The Morgan fingerprint density at radius 1 is 0.885 bits per heavy atom. The molecule has 3 aromatic rings. The van der Waals surface area contributed by atoms with Crippen LogP contribution in [0.5, 0.6) is 0 Å². The lowest BCUT2D eigenvalue weighted by Gasteiger charge is -2.20. The fourth-order valence-electron chi connectivity index (χ4n) is 3.49. The van der Waals surface area contributed by atoms with Crippen LogP contribution in [0.3, 0.4) is 0 Å². The maximum Gasteiger partial charge on any atom is 0.128 e. The molecule has 4 heteroatoms. The summed E-state index contributed by atoms with van der Waals surface area (Å²) in [5, 5.41) is 3.66. The van der Waals surface area contributed by atoms with Crippen molar-refractivity contribution in [3.05, 3.63) is 89.9 Å². The van der Waals surface area contributed by atoms with Gasteiger partial charge in [-0.1, -0.05) is 42.5 Å². The highest BCUT2D eigenvalue weighted by Gasteiger charge is 2.15. The standard InChI is InChI=1S/C22H24N4/c1-2-7-19(8-3-1)22(20-9-6-12-23-17-20)25-16-18-10-11-21(24-15-18)26-13-4-5-14-26/h1-3,6-12,15,17,22,25H,4-5,13-14,16H2. The number of aromatic nitrogens is 2. The average molecular weight is 344 g/mol. The van der Waals surface area contributed by atoms with Gasteiger partial charge in [0.1, 0.15) is 5.82 Å². The van der Waals surface area contributed by atoms with Crippen LogP contribution < -0.4 is 10.2 Å². The predicted molar refractivity (Wildman–Crippen MR) is 105 cm³/mol. The molecule has 4 rings (SSSR count).